The molecule has 0 aliphatic rings. The fourth-order valence-corrected chi connectivity index (χ4v) is 3.94. The molecular weight excluding hydrogens is 422 g/mol. The number of ether oxygens (including phenoxy) is 1. The number of nitrogens with one attached hydrogen (secondary N) is 2. The standard InChI is InChI=1S/C24H25N5O2S/c1-18-6-8-19(9-7-18)23-27-21(17-32-23)10-12-25-24(30)28-20-4-2-5-22(16-20)31-15-14-29-13-3-11-26-29/h2-9,11,13,16-17H,10,12,14-15H2,1H3,(H2,25,28,30). The molecule has 0 aliphatic carbocycles. The highest BCUT2D eigenvalue weighted by molar-refractivity contribution is 7.13. The van der Waals surface area contributed by atoms with Crippen molar-refractivity contribution in [3.63, 3.8) is 0 Å². The molecule has 0 radical (unpaired) electrons. The summed E-state index contributed by atoms with van der Waals surface area (Å²) in [6, 6.07) is 17.3. The number of nitrogens with zero attached hydrogens (tertiary/aromatic N) is 3. The van der Waals surface area contributed by atoms with Crippen LogP contribution < -0.4 is 15.4 Å². The molecular formula is C24H25N5O2S. The van der Waals surface area contributed by atoms with E-state index in [2.05, 4.69) is 51.9 Å². The Morgan fingerprint density at radius 3 is 2.84 bits per heavy atom. The monoisotopic (exact) mass is 447 g/mol. The Morgan fingerprint density at radius 1 is 1.16 bits per heavy atom. The Morgan fingerprint density at radius 2 is 2.03 bits per heavy atom. The van der Waals surface area contributed by atoms with Gasteiger partial charge in [-0.15, -0.1) is 11.3 Å². The molecule has 0 fully saturated rings. The number of thiazole rings is 1. The summed E-state index contributed by atoms with van der Waals surface area (Å²) < 4.78 is 7.55. The van der Waals surface area contributed by atoms with E-state index < -0.39 is 0 Å². The van der Waals surface area contributed by atoms with E-state index in [0.29, 0.717) is 37.6 Å². The summed E-state index contributed by atoms with van der Waals surface area (Å²) in [5.74, 6) is 0.695. The van der Waals surface area contributed by atoms with Gasteiger partial charge in [-0.25, -0.2) is 9.78 Å². The predicted molar refractivity (Wildman–Crippen MR) is 127 cm³/mol. The number of anilines is 1. The minimum absolute atomic E-state index is 0.257. The number of hydrogen-bond donors (Lipinski definition) is 2. The molecule has 0 atom stereocenters. The fraction of sp³-hybridized carbons (Fsp3) is 0.208. The van der Waals surface area contributed by atoms with E-state index in [1.165, 1.54) is 5.56 Å². The summed E-state index contributed by atoms with van der Waals surface area (Å²) in [7, 11) is 0. The summed E-state index contributed by atoms with van der Waals surface area (Å²) in [5.41, 5.74) is 3.99. The van der Waals surface area contributed by atoms with Crippen LogP contribution in [0.2, 0.25) is 0 Å². The summed E-state index contributed by atoms with van der Waals surface area (Å²) >= 11 is 1.62. The Bertz CT molecular complexity index is 1140. The van der Waals surface area contributed by atoms with Gasteiger partial charge in [-0.1, -0.05) is 35.9 Å². The predicted octanol–water partition coefficient (Wildman–Crippen LogP) is 4.76. The minimum Gasteiger partial charge on any atom is -0.492 e. The van der Waals surface area contributed by atoms with Crippen LogP contribution in [0.3, 0.4) is 0 Å². The van der Waals surface area contributed by atoms with Crippen molar-refractivity contribution in [1.29, 1.82) is 0 Å². The summed E-state index contributed by atoms with van der Waals surface area (Å²) in [5, 5.41) is 12.9. The Labute approximate surface area is 191 Å². The summed E-state index contributed by atoms with van der Waals surface area (Å²) in [4.78, 5) is 16.9. The van der Waals surface area contributed by atoms with Crippen LogP contribution in [0, 0.1) is 6.92 Å². The number of carbonyl (C=O) groups is 1. The average molecular weight is 448 g/mol. The maximum Gasteiger partial charge on any atom is 0.319 e. The highest BCUT2D eigenvalue weighted by Crippen LogP contribution is 2.24. The van der Waals surface area contributed by atoms with Crippen LogP contribution >= 0.6 is 11.3 Å². The number of carbonyl (C=O) groups excluding carboxylic acids is 1. The van der Waals surface area contributed by atoms with Gasteiger partial charge in [0.05, 0.1) is 12.2 Å². The Hall–Kier alpha value is -3.65. The quantitative estimate of drug-likeness (QED) is 0.388. The zero-order valence-electron chi connectivity index (χ0n) is 17.8. The number of aryl methyl sites for hydroxylation is 1. The molecule has 0 unspecified atom stereocenters. The van der Waals surface area contributed by atoms with Crippen LogP contribution in [0.15, 0.2) is 72.4 Å². The zero-order valence-corrected chi connectivity index (χ0v) is 18.6. The zero-order chi connectivity index (χ0) is 22.2. The normalized spacial score (nSPS) is 10.7. The molecule has 0 bridgehead atoms. The van der Waals surface area contributed by atoms with Gasteiger partial charge >= 0.3 is 6.03 Å². The molecule has 0 saturated carbocycles. The van der Waals surface area contributed by atoms with Crippen molar-refractivity contribution >= 4 is 23.1 Å². The molecule has 2 amide bonds. The van der Waals surface area contributed by atoms with Crippen LogP contribution in [-0.4, -0.2) is 33.9 Å². The third-order valence-corrected chi connectivity index (χ3v) is 5.70. The van der Waals surface area contributed by atoms with Gasteiger partial charge in [0.2, 0.25) is 0 Å². The van der Waals surface area contributed by atoms with Gasteiger partial charge in [0, 0.05) is 48.1 Å². The van der Waals surface area contributed by atoms with E-state index in [1.807, 2.05) is 40.5 Å². The summed E-state index contributed by atoms with van der Waals surface area (Å²) in [6.45, 7) is 3.73. The molecule has 2 heterocycles. The molecule has 4 aromatic rings. The second-order valence-corrected chi connectivity index (χ2v) is 8.14. The average Bonchev–Trinajstić information content (AvgIpc) is 3.47. The van der Waals surface area contributed by atoms with Gasteiger partial charge in [-0.2, -0.15) is 5.10 Å². The van der Waals surface area contributed by atoms with Gasteiger partial charge in [-0.3, -0.25) is 4.68 Å². The molecule has 2 N–H and O–H groups in total. The molecule has 164 valence electrons. The third kappa shape index (κ3) is 6.18. The van der Waals surface area contributed by atoms with Crippen LogP contribution in [0.5, 0.6) is 5.75 Å². The molecule has 2 aromatic carbocycles. The van der Waals surface area contributed by atoms with Crippen molar-refractivity contribution in [2.75, 3.05) is 18.5 Å². The van der Waals surface area contributed by atoms with Gasteiger partial charge < -0.3 is 15.4 Å². The van der Waals surface area contributed by atoms with E-state index >= 15 is 0 Å². The third-order valence-electron chi connectivity index (χ3n) is 4.76. The molecule has 2 aromatic heterocycles. The van der Waals surface area contributed by atoms with Crippen LogP contribution in [0.25, 0.3) is 10.6 Å². The van der Waals surface area contributed by atoms with Crippen molar-refractivity contribution < 1.29 is 9.53 Å². The van der Waals surface area contributed by atoms with Gasteiger partial charge in [-0.05, 0) is 25.1 Å². The van der Waals surface area contributed by atoms with Crippen LogP contribution in [0.4, 0.5) is 10.5 Å². The van der Waals surface area contributed by atoms with Crippen LogP contribution in [0.1, 0.15) is 11.3 Å². The second-order valence-electron chi connectivity index (χ2n) is 7.29. The van der Waals surface area contributed by atoms with E-state index in [1.54, 1.807) is 23.6 Å². The van der Waals surface area contributed by atoms with Gasteiger partial charge in [0.25, 0.3) is 0 Å². The van der Waals surface area contributed by atoms with Crippen molar-refractivity contribution in [2.45, 2.75) is 19.9 Å². The van der Waals surface area contributed by atoms with Crippen molar-refractivity contribution in [2.24, 2.45) is 0 Å². The number of amides is 2. The molecule has 32 heavy (non-hydrogen) atoms. The van der Waals surface area contributed by atoms with Crippen molar-refractivity contribution in [3.05, 3.63) is 83.6 Å². The highest BCUT2D eigenvalue weighted by atomic mass is 32.1. The first-order valence-corrected chi connectivity index (χ1v) is 11.3. The second kappa shape index (κ2) is 10.6. The SMILES string of the molecule is Cc1ccc(-c2nc(CCNC(=O)Nc3cccc(OCCn4cccn4)c3)cs2)cc1. The van der Waals surface area contributed by atoms with Crippen molar-refractivity contribution in [3.8, 4) is 16.3 Å². The Balaban J connectivity index is 1.21. The molecule has 4 rings (SSSR count). The van der Waals surface area contributed by atoms with Gasteiger partial charge in [0.1, 0.15) is 17.4 Å². The van der Waals surface area contributed by atoms with E-state index in [4.69, 9.17) is 4.74 Å². The summed E-state index contributed by atoms with van der Waals surface area (Å²) in [6.07, 6.45) is 4.30. The molecule has 0 aliphatic heterocycles. The van der Waals surface area contributed by atoms with Gasteiger partial charge in [0.15, 0.2) is 0 Å². The molecule has 8 heteroatoms. The maximum absolute atomic E-state index is 12.2. The lowest BCUT2D eigenvalue weighted by Crippen LogP contribution is -2.30. The number of aromatic nitrogens is 3. The fourth-order valence-electron chi connectivity index (χ4n) is 3.08. The molecule has 0 saturated heterocycles. The number of rotatable bonds is 9. The topological polar surface area (TPSA) is 81.1 Å². The Kier molecular flexibility index (Phi) is 7.14. The lowest BCUT2D eigenvalue weighted by Gasteiger charge is -2.10. The first-order valence-electron chi connectivity index (χ1n) is 10.4. The first kappa shape index (κ1) is 21.6. The lowest BCUT2D eigenvalue weighted by atomic mass is 10.2. The molecule has 0 spiro atoms. The maximum atomic E-state index is 12.2. The number of hydrogen-bond acceptors (Lipinski definition) is 5. The van der Waals surface area contributed by atoms with Crippen LogP contribution in [-0.2, 0) is 13.0 Å². The van der Waals surface area contributed by atoms with E-state index in [0.717, 1.165) is 16.3 Å². The van der Waals surface area contributed by atoms with E-state index in [-0.39, 0.29) is 6.03 Å². The van der Waals surface area contributed by atoms with E-state index in [9.17, 15) is 4.79 Å². The van der Waals surface area contributed by atoms with Crippen molar-refractivity contribution in [1.82, 2.24) is 20.1 Å². The lowest BCUT2D eigenvalue weighted by molar-refractivity contribution is 0.252. The highest BCUT2D eigenvalue weighted by Gasteiger charge is 2.07. The largest absolute Gasteiger partial charge is 0.492 e. The molecule has 7 nitrogen and oxygen atoms in total. The number of urea groups is 1. The smallest absolute Gasteiger partial charge is 0.319 e. The minimum atomic E-state index is -0.257. The number of benzene rings is 2. The first-order chi connectivity index (χ1) is 15.7.